The minimum atomic E-state index is -0.426. The van der Waals surface area contributed by atoms with Crippen molar-refractivity contribution in [2.45, 2.75) is 46.1 Å². The van der Waals surface area contributed by atoms with Gasteiger partial charge in [0.2, 0.25) is 0 Å². The number of amides is 1. The predicted molar refractivity (Wildman–Crippen MR) is 95.8 cm³/mol. The van der Waals surface area contributed by atoms with E-state index in [0.717, 1.165) is 19.3 Å². The van der Waals surface area contributed by atoms with Crippen molar-refractivity contribution < 1.29 is 14.3 Å². The van der Waals surface area contributed by atoms with E-state index in [0.29, 0.717) is 29.1 Å². The van der Waals surface area contributed by atoms with Crippen molar-refractivity contribution in [3.8, 4) is 0 Å². The Balaban J connectivity index is 1.84. The molecule has 0 saturated heterocycles. The van der Waals surface area contributed by atoms with E-state index in [1.165, 1.54) is 11.1 Å². The quantitative estimate of drug-likeness (QED) is 0.835. The fourth-order valence-electron chi connectivity index (χ4n) is 3.63. The third-order valence-corrected chi connectivity index (χ3v) is 4.82. The van der Waals surface area contributed by atoms with Gasteiger partial charge in [0.1, 0.15) is 5.69 Å². The Hall–Kier alpha value is -2.56. The maximum Gasteiger partial charge on any atom is 0.355 e. The molecule has 1 aliphatic carbocycles. The molecule has 1 aromatic heterocycles. The zero-order valence-corrected chi connectivity index (χ0v) is 14.9. The van der Waals surface area contributed by atoms with E-state index in [4.69, 9.17) is 4.74 Å². The van der Waals surface area contributed by atoms with Crippen LogP contribution < -0.4 is 5.32 Å². The van der Waals surface area contributed by atoms with Gasteiger partial charge in [-0.3, -0.25) is 4.79 Å². The molecule has 5 heteroatoms. The number of hydrogen-bond donors (Lipinski definition) is 2. The minimum absolute atomic E-state index is 0.0113. The molecule has 132 valence electrons. The summed E-state index contributed by atoms with van der Waals surface area (Å²) in [5, 5.41) is 3.15. The Morgan fingerprint density at radius 1 is 1.28 bits per heavy atom. The van der Waals surface area contributed by atoms with Gasteiger partial charge in [0, 0.05) is 5.69 Å². The Morgan fingerprint density at radius 3 is 2.80 bits per heavy atom. The van der Waals surface area contributed by atoms with Crippen LogP contribution in [-0.4, -0.2) is 23.5 Å². The van der Waals surface area contributed by atoms with Crippen molar-refractivity contribution in [1.29, 1.82) is 0 Å². The van der Waals surface area contributed by atoms with Gasteiger partial charge in [-0.15, -0.1) is 0 Å². The monoisotopic (exact) mass is 340 g/mol. The summed E-state index contributed by atoms with van der Waals surface area (Å²) in [6.45, 7) is 5.65. The lowest BCUT2D eigenvalue weighted by atomic mass is 9.87. The van der Waals surface area contributed by atoms with E-state index in [1.54, 1.807) is 20.8 Å². The van der Waals surface area contributed by atoms with Gasteiger partial charge in [-0.05, 0) is 56.7 Å². The molecule has 2 aromatic rings. The lowest BCUT2D eigenvalue weighted by molar-refractivity contribution is 0.0519. The summed E-state index contributed by atoms with van der Waals surface area (Å²) in [6, 6.07) is 8.26. The Labute approximate surface area is 147 Å². The van der Waals surface area contributed by atoms with E-state index in [2.05, 4.69) is 22.4 Å². The van der Waals surface area contributed by atoms with Gasteiger partial charge in [0.15, 0.2) is 0 Å². The summed E-state index contributed by atoms with van der Waals surface area (Å²) in [4.78, 5) is 27.9. The van der Waals surface area contributed by atoms with E-state index < -0.39 is 5.97 Å². The largest absolute Gasteiger partial charge is 0.461 e. The molecule has 0 spiro atoms. The molecule has 0 aliphatic heterocycles. The number of rotatable bonds is 4. The standard InChI is InChI=1S/C20H24N2O3/c1-4-25-20(24)18-12(2)17(13(3)21-18)19(23)22-16-11-7-9-14-8-5-6-10-15(14)16/h5-6,8,10,16,21H,4,7,9,11H2,1-3H3,(H,22,23). The van der Waals surface area contributed by atoms with Crippen molar-refractivity contribution in [2.75, 3.05) is 6.61 Å². The zero-order valence-electron chi connectivity index (χ0n) is 14.9. The molecule has 2 N–H and O–H groups in total. The lowest BCUT2D eigenvalue weighted by Gasteiger charge is -2.26. The number of nitrogens with one attached hydrogen (secondary N) is 2. The average molecular weight is 340 g/mol. The van der Waals surface area contributed by atoms with E-state index >= 15 is 0 Å². The zero-order chi connectivity index (χ0) is 18.0. The highest BCUT2D eigenvalue weighted by molar-refractivity contribution is 6.01. The molecule has 0 radical (unpaired) electrons. The average Bonchev–Trinajstić information content (AvgIpc) is 2.90. The fourth-order valence-corrected chi connectivity index (χ4v) is 3.63. The van der Waals surface area contributed by atoms with Crippen molar-refractivity contribution in [2.24, 2.45) is 0 Å². The number of carbonyl (C=O) groups is 2. The molecule has 1 atom stereocenters. The van der Waals surface area contributed by atoms with Gasteiger partial charge in [0.25, 0.3) is 5.91 Å². The van der Waals surface area contributed by atoms with Crippen LogP contribution in [0.3, 0.4) is 0 Å². The number of H-pyrrole nitrogens is 1. The van der Waals surface area contributed by atoms with Crippen molar-refractivity contribution in [3.63, 3.8) is 0 Å². The van der Waals surface area contributed by atoms with Crippen molar-refractivity contribution >= 4 is 11.9 Å². The fraction of sp³-hybridized carbons (Fsp3) is 0.400. The molecule has 0 fully saturated rings. The third-order valence-electron chi connectivity index (χ3n) is 4.82. The van der Waals surface area contributed by atoms with Gasteiger partial charge in [-0.25, -0.2) is 4.79 Å². The van der Waals surface area contributed by atoms with Crippen LogP contribution in [0.1, 0.15) is 69.0 Å². The van der Waals surface area contributed by atoms with E-state index in [-0.39, 0.29) is 11.9 Å². The minimum Gasteiger partial charge on any atom is -0.461 e. The van der Waals surface area contributed by atoms with Crippen LogP contribution in [-0.2, 0) is 11.2 Å². The molecule has 0 bridgehead atoms. The lowest BCUT2D eigenvalue weighted by Crippen LogP contribution is -2.31. The van der Waals surface area contributed by atoms with Crippen LogP contribution in [0, 0.1) is 13.8 Å². The summed E-state index contributed by atoms with van der Waals surface area (Å²) < 4.78 is 5.05. The number of hydrogen-bond acceptors (Lipinski definition) is 3. The summed E-state index contributed by atoms with van der Waals surface area (Å²) in [5.41, 5.74) is 4.70. The number of ether oxygens (including phenoxy) is 1. The normalized spacial score (nSPS) is 16.2. The molecule has 1 amide bonds. The highest BCUT2D eigenvalue weighted by Crippen LogP contribution is 2.30. The van der Waals surface area contributed by atoms with Crippen molar-refractivity contribution in [1.82, 2.24) is 10.3 Å². The number of aryl methyl sites for hydroxylation is 2. The van der Waals surface area contributed by atoms with E-state index in [9.17, 15) is 9.59 Å². The second-order valence-electron chi connectivity index (χ2n) is 6.46. The van der Waals surface area contributed by atoms with Gasteiger partial charge in [-0.1, -0.05) is 24.3 Å². The first kappa shape index (κ1) is 17.3. The van der Waals surface area contributed by atoms with Crippen LogP contribution in [0.25, 0.3) is 0 Å². The van der Waals surface area contributed by atoms with Crippen LogP contribution in [0.15, 0.2) is 24.3 Å². The number of aromatic amines is 1. The summed E-state index contributed by atoms with van der Waals surface area (Å²) in [6.07, 6.45) is 3.04. The SMILES string of the molecule is CCOC(=O)c1[nH]c(C)c(C(=O)NC2CCCc3ccccc32)c1C. The van der Waals surface area contributed by atoms with E-state index in [1.807, 2.05) is 12.1 Å². The van der Waals surface area contributed by atoms with Crippen LogP contribution in [0.2, 0.25) is 0 Å². The molecule has 1 heterocycles. The number of esters is 1. The molecule has 5 nitrogen and oxygen atoms in total. The topological polar surface area (TPSA) is 71.2 Å². The highest BCUT2D eigenvalue weighted by atomic mass is 16.5. The number of fused-ring (bicyclic) bond motifs is 1. The van der Waals surface area contributed by atoms with Crippen LogP contribution in [0.5, 0.6) is 0 Å². The first-order chi connectivity index (χ1) is 12.0. The van der Waals surface area contributed by atoms with Crippen LogP contribution in [0.4, 0.5) is 0 Å². The predicted octanol–water partition coefficient (Wildman–Crippen LogP) is 3.62. The smallest absolute Gasteiger partial charge is 0.355 e. The first-order valence-electron chi connectivity index (χ1n) is 8.77. The summed E-state index contributed by atoms with van der Waals surface area (Å²) >= 11 is 0. The molecule has 0 saturated carbocycles. The molecular formula is C20H24N2O3. The second kappa shape index (κ2) is 7.13. The third kappa shape index (κ3) is 3.31. The number of benzene rings is 1. The Morgan fingerprint density at radius 2 is 2.04 bits per heavy atom. The molecular weight excluding hydrogens is 316 g/mol. The van der Waals surface area contributed by atoms with Gasteiger partial charge >= 0.3 is 5.97 Å². The second-order valence-corrected chi connectivity index (χ2v) is 6.46. The van der Waals surface area contributed by atoms with Gasteiger partial charge < -0.3 is 15.0 Å². The summed E-state index contributed by atoms with van der Waals surface area (Å²) in [7, 11) is 0. The molecule has 3 rings (SSSR count). The Kier molecular flexibility index (Phi) is 4.93. The highest BCUT2D eigenvalue weighted by Gasteiger charge is 2.26. The number of aromatic nitrogens is 1. The van der Waals surface area contributed by atoms with Gasteiger partial charge in [0.05, 0.1) is 18.2 Å². The Bertz CT molecular complexity index is 807. The first-order valence-corrected chi connectivity index (χ1v) is 8.77. The maximum absolute atomic E-state index is 12.9. The summed E-state index contributed by atoms with van der Waals surface area (Å²) in [5.74, 6) is -0.575. The van der Waals surface area contributed by atoms with Crippen molar-refractivity contribution in [3.05, 3.63) is 57.9 Å². The molecule has 25 heavy (non-hydrogen) atoms. The molecule has 1 unspecified atom stereocenters. The van der Waals surface area contributed by atoms with Crippen LogP contribution >= 0.6 is 0 Å². The molecule has 1 aromatic carbocycles. The van der Waals surface area contributed by atoms with Gasteiger partial charge in [-0.2, -0.15) is 0 Å². The molecule has 1 aliphatic rings. The maximum atomic E-state index is 12.9. The number of carbonyl (C=O) groups excluding carboxylic acids is 2.